The van der Waals surface area contributed by atoms with Crippen molar-refractivity contribution in [1.29, 1.82) is 0 Å². The molecule has 28 heavy (non-hydrogen) atoms. The molecule has 1 N–H and O–H groups in total. The molecule has 1 fully saturated rings. The first kappa shape index (κ1) is 18.1. The number of aromatic nitrogens is 4. The Balaban J connectivity index is 1.31. The Morgan fingerprint density at radius 1 is 1.11 bits per heavy atom. The fourth-order valence-corrected chi connectivity index (χ4v) is 3.10. The van der Waals surface area contributed by atoms with E-state index in [0.717, 1.165) is 18.5 Å². The summed E-state index contributed by atoms with van der Waals surface area (Å²) in [6.45, 7) is 0.880. The zero-order valence-electron chi connectivity index (χ0n) is 15.4. The molecular weight excluding hydrogens is 358 g/mol. The quantitative estimate of drug-likeness (QED) is 0.661. The summed E-state index contributed by atoms with van der Waals surface area (Å²) in [6.07, 6.45) is 3.85. The first-order valence-electron chi connectivity index (χ1n) is 9.41. The molecule has 0 saturated heterocycles. The molecule has 3 aromatic rings. The van der Waals surface area contributed by atoms with E-state index >= 15 is 0 Å². The van der Waals surface area contributed by atoms with Gasteiger partial charge in [-0.1, -0.05) is 12.1 Å². The van der Waals surface area contributed by atoms with E-state index in [1.54, 1.807) is 24.3 Å². The Kier molecular flexibility index (Phi) is 5.01. The van der Waals surface area contributed by atoms with E-state index in [4.69, 9.17) is 0 Å². The number of benzene rings is 1. The highest BCUT2D eigenvalue weighted by Gasteiger charge is 2.25. The van der Waals surface area contributed by atoms with Gasteiger partial charge < -0.3 is 5.32 Å². The fourth-order valence-electron chi connectivity index (χ4n) is 3.10. The van der Waals surface area contributed by atoms with Gasteiger partial charge in [0.2, 0.25) is 5.91 Å². The molecule has 4 rings (SSSR count). The summed E-state index contributed by atoms with van der Waals surface area (Å²) < 4.78 is 2.83. The standard InChI is InChI=1S/C20H21N5O3/c26-18(9-11-24-13-22-17-4-2-1-3-15(17)20(24)28)21-10-12-25-19(27)8-7-16(23-25)14-5-6-14/h1-4,7-8,13-14H,5-6,9-12H2,(H,21,26). The van der Waals surface area contributed by atoms with Crippen LogP contribution in [0, 0.1) is 0 Å². The van der Waals surface area contributed by atoms with E-state index < -0.39 is 0 Å². The zero-order valence-corrected chi connectivity index (χ0v) is 15.4. The normalized spacial score (nSPS) is 13.6. The van der Waals surface area contributed by atoms with Gasteiger partial charge in [0, 0.05) is 31.5 Å². The number of carbonyl (C=O) groups is 1. The molecule has 8 nitrogen and oxygen atoms in total. The van der Waals surface area contributed by atoms with Gasteiger partial charge in [-0.15, -0.1) is 0 Å². The highest BCUT2D eigenvalue weighted by atomic mass is 16.2. The molecule has 0 unspecified atom stereocenters. The molecular formula is C20H21N5O3. The summed E-state index contributed by atoms with van der Waals surface area (Å²) in [4.78, 5) is 40.6. The van der Waals surface area contributed by atoms with E-state index in [-0.39, 0.29) is 30.0 Å². The molecule has 1 amide bonds. The van der Waals surface area contributed by atoms with Gasteiger partial charge in [0.25, 0.3) is 11.1 Å². The SMILES string of the molecule is O=C(CCn1cnc2ccccc2c1=O)NCCn1nc(C2CC2)ccc1=O. The molecule has 144 valence electrons. The van der Waals surface area contributed by atoms with E-state index in [1.165, 1.54) is 21.6 Å². The van der Waals surface area contributed by atoms with Crippen LogP contribution in [0.25, 0.3) is 10.9 Å². The Hall–Kier alpha value is -3.29. The second-order valence-corrected chi connectivity index (χ2v) is 6.95. The van der Waals surface area contributed by atoms with Crippen LogP contribution in [-0.4, -0.2) is 31.8 Å². The van der Waals surface area contributed by atoms with E-state index in [1.807, 2.05) is 6.07 Å². The molecule has 0 atom stereocenters. The summed E-state index contributed by atoms with van der Waals surface area (Å²) in [5, 5.41) is 7.67. The first-order valence-corrected chi connectivity index (χ1v) is 9.41. The monoisotopic (exact) mass is 379 g/mol. The molecule has 8 heteroatoms. The summed E-state index contributed by atoms with van der Waals surface area (Å²) in [5.74, 6) is 0.279. The van der Waals surface area contributed by atoms with E-state index in [2.05, 4.69) is 15.4 Å². The first-order chi connectivity index (χ1) is 13.6. The molecule has 1 aromatic carbocycles. The topological polar surface area (TPSA) is 98.9 Å². The highest BCUT2D eigenvalue weighted by Crippen LogP contribution is 2.38. The van der Waals surface area contributed by atoms with Crippen LogP contribution in [0.3, 0.4) is 0 Å². The molecule has 1 saturated carbocycles. The van der Waals surface area contributed by atoms with Gasteiger partial charge in [-0.3, -0.25) is 19.0 Å². The summed E-state index contributed by atoms with van der Waals surface area (Å²) in [5.41, 5.74) is 1.24. The van der Waals surface area contributed by atoms with E-state index in [0.29, 0.717) is 29.9 Å². The molecule has 0 spiro atoms. The lowest BCUT2D eigenvalue weighted by atomic mass is 10.2. The smallest absolute Gasteiger partial charge is 0.266 e. The molecule has 1 aliphatic carbocycles. The van der Waals surface area contributed by atoms with Crippen LogP contribution >= 0.6 is 0 Å². The van der Waals surface area contributed by atoms with Crippen molar-refractivity contribution in [1.82, 2.24) is 24.6 Å². The second kappa shape index (κ2) is 7.75. The van der Waals surface area contributed by atoms with Crippen molar-refractivity contribution in [2.45, 2.75) is 38.3 Å². The third kappa shape index (κ3) is 4.00. The van der Waals surface area contributed by atoms with Crippen molar-refractivity contribution < 1.29 is 4.79 Å². The molecule has 2 aromatic heterocycles. The van der Waals surface area contributed by atoms with Crippen molar-refractivity contribution in [3.8, 4) is 0 Å². The van der Waals surface area contributed by atoms with Crippen molar-refractivity contribution in [2.24, 2.45) is 0 Å². The van der Waals surface area contributed by atoms with Crippen molar-refractivity contribution in [2.75, 3.05) is 6.54 Å². The zero-order chi connectivity index (χ0) is 19.5. The van der Waals surface area contributed by atoms with Crippen LogP contribution in [0.4, 0.5) is 0 Å². The maximum atomic E-state index is 12.4. The Bertz CT molecular complexity index is 1130. The number of nitrogens with one attached hydrogen (secondary N) is 1. The number of amides is 1. The summed E-state index contributed by atoms with van der Waals surface area (Å²) in [7, 11) is 0. The number of rotatable bonds is 7. The van der Waals surface area contributed by atoms with Crippen LogP contribution in [-0.2, 0) is 17.9 Å². The average molecular weight is 379 g/mol. The van der Waals surface area contributed by atoms with Crippen LogP contribution in [0.15, 0.2) is 52.3 Å². The van der Waals surface area contributed by atoms with Gasteiger partial charge in [0.05, 0.1) is 29.5 Å². The Morgan fingerprint density at radius 2 is 1.93 bits per heavy atom. The maximum Gasteiger partial charge on any atom is 0.266 e. The number of nitrogens with zero attached hydrogens (tertiary/aromatic N) is 4. The largest absolute Gasteiger partial charge is 0.354 e. The van der Waals surface area contributed by atoms with Gasteiger partial charge in [-0.25, -0.2) is 9.67 Å². The minimum Gasteiger partial charge on any atom is -0.354 e. The van der Waals surface area contributed by atoms with Crippen molar-refractivity contribution in [3.05, 3.63) is 69.1 Å². The minimum absolute atomic E-state index is 0.157. The number of aryl methyl sites for hydroxylation is 1. The van der Waals surface area contributed by atoms with Crippen molar-refractivity contribution >= 4 is 16.8 Å². The van der Waals surface area contributed by atoms with Gasteiger partial charge >= 0.3 is 0 Å². The van der Waals surface area contributed by atoms with Gasteiger partial charge in [-0.05, 0) is 31.0 Å². The van der Waals surface area contributed by atoms with Gasteiger partial charge in [0.15, 0.2) is 0 Å². The predicted octanol–water partition coefficient (Wildman–Crippen LogP) is 1.04. The fraction of sp³-hybridized carbons (Fsp3) is 0.350. The third-order valence-corrected chi connectivity index (χ3v) is 4.84. The molecule has 0 aliphatic heterocycles. The summed E-state index contributed by atoms with van der Waals surface area (Å²) in [6, 6.07) is 10.4. The molecule has 0 radical (unpaired) electrons. The van der Waals surface area contributed by atoms with Crippen LogP contribution < -0.4 is 16.4 Å². The van der Waals surface area contributed by atoms with Crippen LogP contribution in [0.1, 0.15) is 30.9 Å². The molecule has 0 bridgehead atoms. The predicted molar refractivity (Wildman–Crippen MR) is 104 cm³/mol. The lowest BCUT2D eigenvalue weighted by Crippen LogP contribution is -2.33. The number of fused-ring (bicyclic) bond motifs is 1. The van der Waals surface area contributed by atoms with Gasteiger partial charge in [0.1, 0.15) is 0 Å². The van der Waals surface area contributed by atoms with Crippen LogP contribution in [0.2, 0.25) is 0 Å². The number of carbonyl (C=O) groups excluding carboxylic acids is 1. The highest BCUT2D eigenvalue weighted by molar-refractivity contribution is 5.77. The Morgan fingerprint density at radius 3 is 2.75 bits per heavy atom. The lowest BCUT2D eigenvalue weighted by molar-refractivity contribution is -0.121. The molecule has 2 heterocycles. The lowest BCUT2D eigenvalue weighted by Gasteiger charge is -2.09. The molecule has 1 aliphatic rings. The average Bonchev–Trinajstić information content (AvgIpc) is 3.54. The number of hydrogen-bond donors (Lipinski definition) is 1. The van der Waals surface area contributed by atoms with E-state index in [9.17, 15) is 14.4 Å². The maximum absolute atomic E-state index is 12.4. The minimum atomic E-state index is -0.188. The summed E-state index contributed by atoms with van der Waals surface area (Å²) >= 11 is 0. The number of para-hydroxylation sites is 1. The second-order valence-electron chi connectivity index (χ2n) is 6.95. The third-order valence-electron chi connectivity index (χ3n) is 4.84. The van der Waals surface area contributed by atoms with Crippen molar-refractivity contribution in [3.63, 3.8) is 0 Å². The Labute approximate surface area is 160 Å². The number of hydrogen-bond acceptors (Lipinski definition) is 5. The van der Waals surface area contributed by atoms with Gasteiger partial charge in [-0.2, -0.15) is 5.10 Å². The van der Waals surface area contributed by atoms with Crippen LogP contribution in [0.5, 0.6) is 0 Å².